The van der Waals surface area contributed by atoms with Gasteiger partial charge in [-0.1, -0.05) is 19.1 Å². The summed E-state index contributed by atoms with van der Waals surface area (Å²) in [4.78, 5) is 24.7. The van der Waals surface area contributed by atoms with Crippen molar-refractivity contribution in [2.24, 2.45) is 5.92 Å². The minimum Gasteiger partial charge on any atom is -0.312 e. The van der Waals surface area contributed by atoms with E-state index in [4.69, 9.17) is 0 Å². The van der Waals surface area contributed by atoms with E-state index in [-0.39, 0.29) is 11.7 Å². The van der Waals surface area contributed by atoms with Crippen LogP contribution in [0.25, 0.3) is 0 Å². The van der Waals surface area contributed by atoms with E-state index in [0.29, 0.717) is 17.9 Å². The Morgan fingerprint density at radius 3 is 2.75 bits per heavy atom. The first-order valence-corrected chi connectivity index (χ1v) is 5.49. The van der Waals surface area contributed by atoms with Crippen LogP contribution in [0.2, 0.25) is 0 Å². The minimum atomic E-state index is 0.0292. The monoisotopic (exact) mass is 217 g/mol. The molecular weight excluding hydrogens is 202 g/mol. The fourth-order valence-corrected chi connectivity index (χ4v) is 2.03. The van der Waals surface area contributed by atoms with Crippen LogP contribution in [0.15, 0.2) is 24.3 Å². The number of rotatable bonds is 2. The number of carbonyl (C=O) groups excluding carboxylic acids is 2. The summed E-state index contributed by atoms with van der Waals surface area (Å²) in [6.45, 7) is 4.35. The molecule has 0 aliphatic carbocycles. The molecule has 1 aromatic carbocycles. The maximum atomic E-state index is 11.7. The number of nitrogens with zero attached hydrogens (tertiary/aromatic N) is 1. The van der Waals surface area contributed by atoms with Gasteiger partial charge in [-0.25, -0.2) is 0 Å². The van der Waals surface area contributed by atoms with Crippen LogP contribution in [-0.4, -0.2) is 18.2 Å². The number of benzene rings is 1. The Morgan fingerprint density at radius 1 is 1.44 bits per heavy atom. The van der Waals surface area contributed by atoms with Gasteiger partial charge in [-0.3, -0.25) is 9.59 Å². The SMILES string of the molecule is CC(=O)c1cccc(N2CC(C)CC2=O)c1. The number of ketones is 1. The van der Waals surface area contributed by atoms with Crippen LogP contribution >= 0.6 is 0 Å². The zero-order valence-corrected chi connectivity index (χ0v) is 9.56. The summed E-state index contributed by atoms with van der Waals surface area (Å²) in [5, 5.41) is 0. The second kappa shape index (κ2) is 4.08. The smallest absolute Gasteiger partial charge is 0.227 e. The molecule has 0 aromatic heterocycles. The van der Waals surface area contributed by atoms with Gasteiger partial charge in [0.25, 0.3) is 0 Å². The lowest BCUT2D eigenvalue weighted by Crippen LogP contribution is -2.24. The van der Waals surface area contributed by atoms with E-state index in [0.717, 1.165) is 12.2 Å². The van der Waals surface area contributed by atoms with E-state index < -0.39 is 0 Å². The molecule has 1 atom stereocenters. The van der Waals surface area contributed by atoms with E-state index in [1.54, 1.807) is 17.0 Å². The maximum Gasteiger partial charge on any atom is 0.227 e. The molecule has 2 rings (SSSR count). The summed E-state index contributed by atoms with van der Waals surface area (Å²) >= 11 is 0. The number of hydrogen-bond acceptors (Lipinski definition) is 2. The molecule has 3 heteroatoms. The summed E-state index contributed by atoms with van der Waals surface area (Å²) in [5.41, 5.74) is 1.49. The highest BCUT2D eigenvalue weighted by atomic mass is 16.2. The predicted octanol–water partition coefficient (Wildman–Crippen LogP) is 2.26. The molecule has 1 aromatic rings. The molecule has 1 aliphatic rings. The molecule has 0 spiro atoms. The van der Waals surface area contributed by atoms with Gasteiger partial charge in [-0.15, -0.1) is 0 Å². The zero-order valence-electron chi connectivity index (χ0n) is 9.56. The van der Waals surface area contributed by atoms with E-state index in [1.165, 1.54) is 6.92 Å². The van der Waals surface area contributed by atoms with E-state index >= 15 is 0 Å². The highest BCUT2D eigenvalue weighted by molar-refractivity contribution is 5.99. The lowest BCUT2D eigenvalue weighted by Gasteiger charge is -2.16. The molecule has 84 valence electrons. The van der Waals surface area contributed by atoms with Crippen molar-refractivity contribution in [3.8, 4) is 0 Å². The minimum absolute atomic E-state index is 0.0292. The number of anilines is 1. The largest absolute Gasteiger partial charge is 0.312 e. The summed E-state index contributed by atoms with van der Waals surface area (Å²) in [5.74, 6) is 0.572. The molecule has 1 saturated heterocycles. The third-order valence-electron chi connectivity index (χ3n) is 2.88. The van der Waals surface area contributed by atoms with Gasteiger partial charge >= 0.3 is 0 Å². The molecular formula is C13H15NO2. The molecule has 1 heterocycles. The standard InChI is InChI=1S/C13H15NO2/c1-9-6-13(16)14(8-9)12-5-3-4-11(7-12)10(2)15/h3-5,7,9H,6,8H2,1-2H3. The molecule has 1 aliphatic heterocycles. The molecule has 0 radical (unpaired) electrons. The lowest BCUT2D eigenvalue weighted by molar-refractivity contribution is -0.117. The first-order valence-electron chi connectivity index (χ1n) is 5.49. The van der Waals surface area contributed by atoms with Crippen molar-refractivity contribution in [1.82, 2.24) is 0 Å². The fourth-order valence-electron chi connectivity index (χ4n) is 2.03. The van der Waals surface area contributed by atoms with Crippen molar-refractivity contribution < 1.29 is 9.59 Å². The van der Waals surface area contributed by atoms with Gasteiger partial charge < -0.3 is 4.90 Å². The Hall–Kier alpha value is -1.64. The fraction of sp³-hybridized carbons (Fsp3) is 0.385. The quantitative estimate of drug-likeness (QED) is 0.712. The van der Waals surface area contributed by atoms with Gasteiger partial charge in [0.1, 0.15) is 0 Å². The van der Waals surface area contributed by atoms with Gasteiger partial charge in [0, 0.05) is 24.2 Å². The molecule has 0 bridgehead atoms. The van der Waals surface area contributed by atoms with E-state index in [1.807, 2.05) is 12.1 Å². The molecule has 16 heavy (non-hydrogen) atoms. The molecule has 0 N–H and O–H groups in total. The second-order valence-electron chi connectivity index (χ2n) is 4.42. The van der Waals surface area contributed by atoms with E-state index in [2.05, 4.69) is 6.92 Å². The van der Waals surface area contributed by atoms with Gasteiger partial charge in [0.2, 0.25) is 5.91 Å². The molecule has 3 nitrogen and oxygen atoms in total. The topological polar surface area (TPSA) is 37.4 Å². The van der Waals surface area contributed by atoms with Gasteiger partial charge in [0.05, 0.1) is 0 Å². The summed E-state index contributed by atoms with van der Waals surface area (Å²) in [7, 11) is 0. The third kappa shape index (κ3) is 1.98. The Labute approximate surface area is 95.1 Å². The number of carbonyl (C=O) groups is 2. The second-order valence-corrected chi connectivity index (χ2v) is 4.42. The predicted molar refractivity (Wildman–Crippen MR) is 62.6 cm³/mol. The van der Waals surface area contributed by atoms with Crippen molar-refractivity contribution in [2.45, 2.75) is 20.3 Å². The van der Waals surface area contributed by atoms with Crippen molar-refractivity contribution in [3.63, 3.8) is 0 Å². The molecule has 1 fully saturated rings. The van der Waals surface area contributed by atoms with Gasteiger partial charge in [0.15, 0.2) is 5.78 Å². The van der Waals surface area contributed by atoms with E-state index in [9.17, 15) is 9.59 Å². The van der Waals surface area contributed by atoms with Gasteiger partial charge in [-0.05, 0) is 25.0 Å². The van der Waals surface area contributed by atoms with Crippen LogP contribution in [0.1, 0.15) is 30.6 Å². The van der Waals surface area contributed by atoms with Crippen LogP contribution in [0, 0.1) is 5.92 Å². The number of Topliss-reactive ketones (excluding diaryl/α,β-unsaturated/α-hetero) is 1. The van der Waals surface area contributed by atoms with Gasteiger partial charge in [-0.2, -0.15) is 0 Å². The summed E-state index contributed by atoms with van der Waals surface area (Å²) in [6, 6.07) is 7.26. The highest BCUT2D eigenvalue weighted by Crippen LogP contribution is 2.25. The Kier molecular flexibility index (Phi) is 2.77. The average molecular weight is 217 g/mol. The van der Waals surface area contributed by atoms with Crippen molar-refractivity contribution in [2.75, 3.05) is 11.4 Å². The first-order chi connectivity index (χ1) is 7.58. The molecule has 1 amide bonds. The zero-order chi connectivity index (χ0) is 11.7. The molecule has 1 unspecified atom stereocenters. The highest BCUT2D eigenvalue weighted by Gasteiger charge is 2.27. The normalized spacial score (nSPS) is 20.2. The van der Waals surface area contributed by atoms with Crippen molar-refractivity contribution >= 4 is 17.4 Å². The average Bonchev–Trinajstić information content (AvgIpc) is 2.58. The van der Waals surface area contributed by atoms with Crippen molar-refractivity contribution in [3.05, 3.63) is 29.8 Å². The number of hydrogen-bond donors (Lipinski definition) is 0. The van der Waals surface area contributed by atoms with Crippen LogP contribution < -0.4 is 4.90 Å². The van der Waals surface area contributed by atoms with Crippen molar-refractivity contribution in [1.29, 1.82) is 0 Å². The third-order valence-corrected chi connectivity index (χ3v) is 2.88. The molecule has 0 saturated carbocycles. The Morgan fingerprint density at radius 2 is 2.19 bits per heavy atom. The Bertz CT molecular complexity index is 439. The van der Waals surface area contributed by atoms with Crippen LogP contribution in [0.3, 0.4) is 0 Å². The maximum absolute atomic E-state index is 11.7. The Balaban J connectivity index is 2.30. The van der Waals surface area contributed by atoms with Crippen LogP contribution in [-0.2, 0) is 4.79 Å². The lowest BCUT2D eigenvalue weighted by atomic mass is 10.1. The van der Waals surface area contributed by atoms with Crippen LogP contribution in [0.5, 0.6) is 0 Å². The number of amides is 1. The first kappa shape index (κ1) is 10.9. The van der Waals surface area contributed by atoms with Crippen LogP contribution in [0.4, 0.5) is 5.69 Å². The summed E-state index contributed by atoms with van der Waals surface area (Å²) in [6.07, 6.45) is 0.601. The summed E-state index contributed by atoms with van der Waals surface area (Å²) < 4.78 is 0.